The lowest BCUT2D eigenvalue weighted by molar-refractivity contribution is -0.118. The molecule has 0 spiro atoms. The van der Waals surface area contributed by atoms with Gasteiger partial charge < -0.3 is 11.1 Å². The normalized spacial score (nSPS) is 19.3. The summed E-state index contributed by atoms with van der Waals surface area (Å²) in [5, 5.41) is 12.4. The smallest absolute Gasteiger partial charge is 0.335 e. The Morgan fingerprint density at radius 1 is 1.00 bits per heavy atom. The Bertz CT molecular complexity index is 1670. The number of anilines is 1. The van der Waals surface area contributed by atoms with Gasteiger partial charge in [0, 0.05) is 12.1 Å². The van der Waals surface area contributed by atoms with E-state index in [2.05, 4.69) is 27.4 Å². The zero-order valence-corrected chi connectivity index (χ0v) is 22.2. The number of nitrogen functional groups attached to an aromatic ring is 1. The van der Waals surface area contributed by atoms with Crippen LogP contribution in [-0.4, -0.2) is 31.1 Å². The molecule has 2 aliphatic rings. The first-order valence-corrected chi connectivity index (χ1v) is 13.8. The van der Waals surface area contributed by atoms with Gasteiger partial charge in [-0.2, -0.15) is 5.26 Å². The number of hydrogen-bond acceptors (Lipinski definition) is 6. The lowest BCUT2D eigenvalue weighted by atomic mass is 9.90. The molecule has 2 saturated carbocycles. The molecule has 202 valence electrons. The maximum atomic E-state index is 13.9. The monoisotopic (exact) mass is 533 g/mol. The third-order valence-corrected chi connectivity index (χ3v) is 7.91. The Morgan fingerprint density at radius 3 is 2.38 bits per heavy atom. The topological polar surface area (TPSA) is 132 Å². The Labute approximate surface area is 232 Å². The van der Waals surface area contributed by atoms with Crippen LogP contribution < -0.4 is 16.7 Å². The maximum Gasteiger partial charge on any atom is 0.335 e. The van der Waals surface area contributed by atoms with Crippen LogP contribution in [0.15, 0.2) is 77.4 Å². The summed E-state index contributed by atoms with van der Waals surface area (Å²) >= 11 is 0. The maximum absolute atomic E-state index is 13.9. The number of hydrogen-bond donors (Lipinski definition) is 2. The van der Waals surface area contributed by atoms with Crippen molar-refractivity contribution in [1.82, 2.24) is 24.4 Å². The third kappa shape index (κ3) is 5.13. The number of carbonyl (C=O) groups is 1. The Hall–Kier alpha value is -4.71. The minimum absolute atomic E-state index is 0.0411. The first-order chi connectivity index (χ1) is 19.5. The van der Waals surface area contributed by atoms with Gasteiger partial charge in [0.25, 0.3) is 5.91 Å². The zero-order valence-electron chi connectivity index (χ0n) is 22.2. The predicted octanol–water partition coefficient (Wildman–Crippen LogP) is 4.22. The van der Waals surface area contributed by atoms with Crippen LogP contribution in [-0.2, 0) is 11.2 Å². The van der Waals surface area contributed by atoms with Crippen molar-refractivity contribution in [2.75, 3.05) is 5.73 Å². The summed E-state index contributed by atoms with van der Waals surface area (Å²) in [6.07, 6.45) is 8.84. The van der Waals surface area contributed by atoms with Crippen molar-refractivity contribution in [3.8, 4) is 11.8 Å². The van der Waals surface area contributed by atoms with Crippen LogP contribution in [0.5, 0.6) is 0 Å². The van der Waals surface area contributed by atoms with Gasteiger partial charge in [-0.1, -0.05) is 48.5 Å². The second-order valence-electron chi connectivity index (χ2n) is 10.8. The van der Waals surface area contributed by atoms with Crippen molar-refractivity contribution in [3.63, 3.8) is 0 Å². The van der Waals surface area contributed by atoms with Crippen LogP contribution in [0.2, 0.25) is 0 Å². The highest BCUT2D eigenvalue weighted by Gasteiger charge is 2.30. The van der Waals surface area contributed by atoms with E-state index in [1.807, 2.05) is 48.5 Å². The van der Waals surface area contributed by atoms with Crippen molar-refractivity contribution >= 4 is 22.9 Å². The van der Waals surface area contributed by atoms with Gasteiger partial charge >= 0.3 is 5.69 Å². The van der Waals surface area contributed by atoms with E-state index in [1.54, 1.807) is 15.2 Å². The SMILES string of the molecule is N#C/C(=C\C1CC1)C(=O)NC1CCC(n2c(=O)n(-c3ccc(Cc4ccccc4)cc3)c3c(N)ncnc32)CC1. The molecular weight excluding hydrogens is 502 g/mol. The van der Waals surface area contributed by atoms with Crippen LogP contribution in [0.3, 0.4) is 0 Å². The van der Waals surface area contributed by atoms with Gasteiger partial charge in [-0.25, -0.2) is 14.8 Å². The van der Waals surface area contributed by atoms with Gasteiger partial charge in [0.2, 0.25) is 0 Å². The largest absolute Gasteiger partial charge is 0.382 e. The van der Waals surface area contributed by atoms with Crippen LogP contribution in [0.4, 0.5) is 5.82 Å². The highest BCUT2D eigenvalue weighted by Crippen LogP contribution is 2.33. The average molecular weight is 534 g/mol. The lowest BCUT2D eigenvalue weighted by Gasteiger charge is -2.29. The first-order valence-electron chi connectivity index (χ1n) is 13.8. The molecule has 0 atom stereocenters. The molecule has 3 N–H and O–H groups in total. The summed E-state index contributed by atoms with van der Waals surface area (Å²) < 4.78 is 3.34. The number of fused-ring (bicyclic) bond motifs is 1. The van der Waals surface area contributed by atoms with Crippen LogP contribution in [0, 0.1) is 17.2 Å². The summed E-state index contributed by atoms with van der Waals surface area (Å²) in [7, 11) is 0. The quantitative estimate of drug-likeness (QED) is 0.270. The van der Waals surface area contributed by atoms with E-state index in [0.29, 0.717) is 48.5 Å². The molecule has 0 unspecified atom stereocenters. The van der Waals surface area contributed by atoms with E-state index in [4.69, 9.17) is 5.73 Å². The molecule has 2 heterocycles. The van der Waals surface area contributed by atoms with Crippen molar-refractivity contribution in [2.45, 2.75) is 57.0 Å². The molecule has 2 aliphatic carbocycles. The number of nitrogens with zero attached hydrogens (tertiary/aromatic N) is 5. The number of rotatable bonds is 7. The molecule has 0 bridgehead atoms. The van der Waals surface area contributed by atoms with Crippen molar-refractivity contribution in [3.05, 3.63) is 94.2 Å². The van der Waals surface area contributed by atoms with Gasteiger partial charge in [-0.3, -0.25) is 13.9 Å². The molecule has 2 fully saturated rings. The molecule has 0 aliphatic heterocycles. The van der Waals surface area contributed by atoms with E-state index in [1.165, 1.54) is 11.9 Å². The molecular formula is C31H31N7O2. The number of amides is 1. The average Bonchev–Trinajstić information content (AvgIpc) is 3.74. The fourth-order valence-corrected chi connectivity index (χ4v) is 5.63. The summed E-state index contributed by atoms with van der Waals surface area (Å²) in [5.41, 5.74) is 10.4. The lowest BCUT2D eigenvalue weighted by Crippen LogP contribution is -2.39. The highest BCUT2D eigenvalue weighted by atomic mass is 16.2. The van der Waals surface area contributed by atoms with E-state index >= 15 is 0 Å². The summed E-state index contributed by atoms with van der Waals surface area (Å²) in [5.74, 6) is 0.305. The summed E-state index contributed by atoms with van der Waals surface area (Å²) in [4.78, 5) is 35.2. The Morgan fingerprint density at radius 2 is 1.70 bits per heavy atom. The van der Waals surface area contributed by atoms with Crippen LogP contribution >= 0.6 is 0 Å². The molecule has 2 aromatic heterocycles. The number of benzene rings is 2. The zero-order chi connectivity index (χ0) is 27.6. The van der Waals surface area contributed by atoms with Crippen molar-refractivity contribution < 1.29 is 4.79 Å². The van der Waals surface area contributed by atoms with Gasteiger partial charge in [0.05, 0.1) is 5.69 Å². The number of nitrogens with one attached hydrogen (secondary N) is 1. The predicted molar refractivity (Wildman–Crippen MR) is 153 cm³/mol. The number of imidazole rings is 1. The number of aromatic nitrogens is 4. The Kier molecular flexibility index (Phi) is 6.91. The van der Waals surface area contributed by atoms with Gasteiger partial charge in [-0.15, -0.1) is 0 Å². The van der Waals surface area contributed by atoms with Gasteiger partial charge in [0.1, 0.15) is 23.5 Å². The van der Waals surface area contributed by atoms with E-state index in [9.17, 15) is 14.9 Å². The number of carbonyl (C=O) groups excluding carboxylic acids is 1. The van der Waals surface area contributed by atoms with E-state index in [0.717, 1.165) is 24.8 Å². The molecule has 0 radical (unpaired) electrons. The fraction of sp³-hybridized carbons (Fsp3) is 0.323. The standard InChI is InChI=1S/C31H31N7O2/c32-18-23(17-22-6-7-22)30(39)36-24-10-14-26(15-11-24)38-29-27(28(33)34-19-35-29)37(31(38)40)25-12-8-21(9-13-25)16-20-4-2-1-3-5-20/h1-5,8-9,12-13,17,19,22,24,26H,6-7,10-11,14-16H2,(H,36,39)(H2,33,34,35)/b23-17+. The van der Waals surface area contributed by atoms with Crippen LogP contribution in [0.1, 0.15) is 55.7 Å². The highest BCUT2D eigenvalue weighted by molar-refractivity contribution is 5.97. The second-order valence-corrected chi connectivity index (χ2v) is 10.8. The summed E-state index contributed by atoms with van der Waals surface area (Å²) in [6.45, 7) is 0. The summed E-state index contributed by atoms with van der Waals surface area (Å²) in [6, 6.07) is 20.1. The molecule has 9 nitrogen and oxygen atoms in total. The number of nitriles is 1. The molecule has 1 amide bonds. The minimum Gasteiger partial charge on any atom is -0.382 e. The number of nitrogens with two attached hydrogens (primary N) is 1. The molecule has 0 saturated heterocycles. The first kappa shape index (κ1) is 25.6. The van der Waals surface area contributed by atoms with E-state index < -0.39 is 0 Å². The molecule has 40 heavy (non-hydrogen) atoms. The van der Waals surface area contributed by atoms with Gasteiger partial charge in [-0.05, 0) is 74.1 Å². The van der Waals surface area contributed by atoms with Crippen molar-refractivity contribution in [1.29, 1.82) is 5.26 Å². The van der Waals surface area contributed by atoms with E-state index in [-0.39, 0.29) is 35.1 Å². The Balaban J connectivity index is 1.23. The van der Waals surface area contributed by atoms with Crippen molar-refractivity contribution in [2.24, 2.45) is 5.92 Å². The number of allylic oxidation sites excluding steroid dienone is 1. The molecule has 9 heteroatoms. The molecule has 6 rings (SSSR count). The molecule has 4 aromatic rings. The fourth-order valence-electron chi connectivity index (χ4n) is 5.63. The molecule has 2 aromatic carbocycles. The third-order valence-electron chi connectivity index (χ3n) is 7.91. The van der Waals surface area contributed by atoms with Crippen LogP contribution in [0.25, 0.3) is 16.9 Å². The second kappa shape index (κ2) is 10.8. The minimum atomic E-state index is -0.303. The van der Waals surface area contributed by atoms with Gasteiger partial charge in [0.15, 0.2) is 11.5 Å².